The van der Waals surface area contributed by atoms with E-state index in [0.29, 0.717) is 162 Å². The molecule has 0 fully saturated rings. The maximum Gasteiger partial charge on any atom is 0.328 e. The average molecular weight is 1790 g/mol. The number of anilines is 6. The van der Waals surface area contributed by atoms with Crippen molar-refractivity contribution in [2.24, 2.45) is 11.7 Å². The number of nitrogen functional groups attached to an aromatic ring is 6. The van der Waals surface area contributed by atoms with E-state index < -0.39 is 0 Å². The van der Waals surface area contributed by atoms with Crippen LogP contribution in [-0.4, -0.2) is 180 Å². The van der Waals surface area contributed by atoms with E-state index in [1.807, 2.05) is 169 Å². The first-order valence-electron chi connectivity index (χ1n) is 43.5. The lowest BCUT2D eigenvalue weighted by molar-refractivity contribution is -0.124. The van der Waals surface area contributed by atoms with Gasteiger partial charge < -0.3 is 113 Å². The summed E-state index contributed by atoms with van der Waals surface area (Å²) in [6.45, 7) is 23.9. The summed E-state index contributed by atoms with van der Waals surface area (Å²) in [4.78, 5) is 102. The molecule has 0 aliphatic carbocycles. The summed E-state index contributed by atoms with van der Waals surface area (Å²) in [5.41, 5.74) is 55.4. The average Bonchev–Trinajstić information content (AvgIpc) is 1.61. The van der Waals surface area contributed by atoms with E-state index in [2.05, 4.69) is 107 Å². The number of carbonyl (C=O) groups excluding carboxylic acids is 2. The summed E-state index contributed by atoms with van der Waals surface area (Å²) in [5, 5.41) is 12.4. The number of aromatic nitrogens is 18. The number of nitrogens with one attached hydrogen (secondary N) is 5. The minimum atomic E-state index is -0.312. The Balaban J connectivity index is 0.000000149. The van der Waals surface area contributed by atoms with Gasteiger partial charge in [0.25, 0.3) is 0 Å². The number of rotatable bonds is 37. The number of methoxy groups -OCH3 is 2. The molecule has 0 spiro atoms. The summed E-state index contributed by atoms with van der Waals surface area (Å²) in [7, 11) is 3.15. The molecule has 16 aromatic rings. The van der Waals surface area contributed by atoms with Gasteiger partial charge in [-0.05, 0) is 98.3 Å². The van der Waals surface area contributed by atoms with E-state index >= 15 is 0 Å². The van der Waals surface area contributed by atoms with Crippen molar-refractivity contribution < 1.29 is 42.7 Å². The molecule has 131 heavy (non-hydrogen) atoms. The molecule has 11 heterocycles. The fourth-order valence-electron chi connectivity index (χ4n) is 14.4. The second-order valence-corrected chi connectivity index (χ2v) is 30.5. The number of aromatic amines is 2. The second kappa shape index (κ2) is 46.6. The Morgan fingerprint density at radius 3 is 1.26 bits per heavy atom. The monoisotopic (exact) mass is 1790 g/mol. The third kappa shape index (κ3) is 24.2. The number of pyridine rings is 4. The minimum absolute atomic E-state index is 0.0295. The summed E-state index contributed by atoms with van der Waals surface area (Å²) >= 11 is 0. The molecule has 0 saturated heterocycles. The number of para-hydroxylation sites is 3. The summed E-state index contributed by atoms with van der Waals surface area (Å²) in [6, 6.07) is 43.6. The molecule has 39 heteroatoms. The van der Waals surface area contributed by atoms with Gasteiger partial charge in [0, 0.05) is 115 Å². The molecule has 39 nitrogen and oxygen atoms in total. The number of ether oxygens (including phenoxy) is 7. The zero-order valence-corrected chi connectivity index (χ0v) is 75.3. The molecule has 16 rings (SSSR count). The normalized spacial score (nSPS) is 11.3. The topological polar surface area (TPSA) is 549 Å². The molecule has 11 aromatic heterocycles. The van der Waals surface area contributed by atoms with Crippen molar-refractivity contribution in [1.29, 1.82) is 0 Å². The number of benzene rings is 5. The van der Waals surface area contributed by atoms with E-state index in [1.165, 1.54) is 9.13 Å². The minimum Gasteiger partial charge on any atom is -0.461 e. The van der Waals surface area contributed by atoms with Crippen LogP contribution in [0.3, 0.4) is 0 Å². The lowest BCUT2D eigenvalue weighted by atomic mass is 10.1. The highest BCUT2D eigenvalue weighted by molar-refractivity contribution is 6.08. The van der Waals surface area contributed by atoms with Gasteiger partial charge in [-0.15, -0.1) is 0 Å². The van der Waals surface area contributed by atoms with Gasteiger partial charge in [0.15, 0.2) is 40.4 Å². The molecular weight excluding hydrogens is 1670 g/mol. The number of carbonyl (C=O) groups is 2. The molecular formula is C92H116N28O11. The number of nitrogens with two attached hydrogens (primary N) is 7. The summed E-state index contributed by atoms with van der Waals surface area (Å²) in [5.74, 6) is 4.64. The summed E-state index contributed by atoms with van der Waals surface area (Å²) in [6.07, 6.45) is 4.09. The Hall–Kier alpha value is -14.4. The van der Waals surface area contributed by atoms with Crippen LogP contribution in [-0.2, 0) is 105 Å². The van der Waals surface area contributed by atoms with Gasteiger partial charge in [0.1, 0.15) is 83.9 Å². The van der Waals surface area contributed by atoms with Crippen LogP contribution in [0.4, 0.5) is 34.9 Å². The van der Waals surface area contributed by atoms with E-state index in [1.54, 1.807) is 20.4 Å². The highest BCUT2D eigenvalue weighted by Crippen LogP contribution is 2.33. The maximum atomic E-state index is 12.5. The number of nitrogens with zero attached hydrogens (tertiary/aromatic N) is 16. The van der Waals surface area contributed by atoms with Crippen LogP contribution >= 0.6 is 0 Å². The molecule has 0 atom stereocenters. The van der Waals surface area contributed by atoms with Crippen molar-refractivity contribution in [2.45, 2.75) is 133 Å². The smallest absolute Gasteiger partial charge is 0.328 e. The Kier molecular flexibility index (Phi) is 34.0. The summed E-state index contributed by atoms with van der Waals surface area (Å²) < 4.78 is 46.8. The number of hydrogen-bond acceptors (Lipinski definition) is 30. The maximum absolute atomic E-state index is 12.5. The van der Waals surface area contributed by atoms with Crippen molar-refractivity contribution in [3.63, 3.8) is 0 Å². The quantitative estimate of drug-likeness (QED) is 0.0161. The van der Waals surface area contributed by atoms with Crippen LogP contribution in [0.25, 0.3) is 88.1 Å². The van der Waals surface area contributed by atoms with Crippen molar-refractivity contribution in [3.8, 4) is 12.0 Å². The Labute approximate surface area is 755 Å². The molecule has 5 aromatic carbocycles. The number of H-pyrrole nitrogens is 2. The first kappa shape index (κ1) is 95.7. The van der Waals surface area contributed by atoms with Crippen molar-refractivity contribution >= 4 is 135 Å². The van der Waals surface area contributed by atoms with Gasteiger partial charge >= 0.3 is 23.4 Å². The lowest BCUT2D eigenvalue weighted by Gasteiger charge is -2.12. The number of hydrogen-bond donors (Lipinski definition) is 12. The first-order chi connectivity index (χ1) is 63.6. The number of imidazole rings is 5. The Morgan fingerprint density at radius 2 is 0.863 bits per heavy atom. The van der Waals surface area contributed by atoms with Crippen molar-refractivity contribution in [1.82, 2.24) is 104 Å². The number of aryl methyl sites for hydroxylation is 1. The van der Waals surface area contributed by atoms with Crippen LogP contribution in [0.15, 0.2) is 149 Å². The predicted octanol–water partition coefficient (Wildman–Crippen LogP) is 9.14. The van der Waals surface area contributed by atoms with Crippen LogP contribution in [0.5, 0.6) is 12.0 Å². The molecule has 0 saturated carbocycles. The van der Waals surface area contributed by atoms with E-state index in [9.17, 15) is 19.2 Å². The van der Waals surface area contributed by atoms with E-state index in [0.717, 1.165) is 133 Å². The van der Waals surface area contributed by atoms with Gasteiger partial charge in [0.2, 0.25) is 11.8 Å². The fraction of sp³-hybridized carbons (Fsp3) is 0.359. The van der Waals surface area contributed by atoms with Crippen molar-refractivity contribution in [3.05, 3.63) is 206 Å². The third-order valence-electron chi connectivity index (χ3n) is 21.0. The van der Waals surface area contributed by atoms with Gasteiger partial charge in [-0.25, -0.2) is 44.5 Å². The molecule has 690 valence electrons. The molecule has 0 aliphatic rings. The zero-order chi connectivity index (χ0) is 93.0. The fourth-order valence-corrected chi connectivity index (χ4v) is 14.4. The standard InChI is InChI=1S/C23H28N8O3.C19H25N5O2.C18H23N5O2.C16H20N6O3.C16H20N4O/c1-33-10-11-34-22-29-20(25)19-21(30-22)31(23(32)28-19)14-17-4-2-16(3-5-17)13-26-8-6-15-7-9-27-18(24)12-15;1-4-26-11-15-23-16-17(24(15)10-9-21-19(25)12(2)3)13-7-5-6-8-14(13)22-18(16)20;1-3-15(24)20-9-10-23-14(11-25-4-2)22-16-17(23)12-7-5-6-8-13(12)21-18(16)19;1-24-6-7-25-15-20-13(18)12-14(21-15)22(16(23)19-12)9-11-4-2-10(8-17)3-5-11;1-3-9-20-13(10-21-4-2)19-14-15(20)11-7-5-6-8-12(11)18-16(14)17/h2-5,7,9,12,26H,6,8,10-11,13-14H2,1H3,(H2,24,27)(H,28,32)(H2,25,29,30);5-8,12H,4,9-11H2,1-3H3,(H2,20,22)(H,21,25);5-8H,3-4,9-11H2,1-2H3,(H2,19,21)(H,20,24);2-5H,6-9,17H2,1H3,(H,19,23)(H2,18,20,21);5-8H,3-4,9-10H2,1-2H3,(H2,17,18). The van der Waals surface area contributed by atoms with Gasteiger partial charge in [-0.1, -0.05) is 131 Å². The highest BCUT2D eigenvalue weighted by atomic mass is 16.5. The molecule has 0 aliphatic heterocycles. The zero-order valence-electron chi connectivity index (χ0n) is 75.3. The SMILES string of the molecule is CCCn1c(COCC)nc2c(N)nc3ccccc3c21.CCOCc1nc2c(N)nc3ccccc3c2n1CCNC(=O)C(C)C.CCOCc1nc2c(N)nc3ccccc3c2n1CCNC(=O)CC.COCCOc1nc(N)c2[nH]c(=O)n(Cc3ccc(CN)cc3)c2n1.COCCOc1nc(N)c2[nH]c(=O)n(Cc3ccc(CNCCc4ccnc(N)c4)cc3)c2n1. The second-order valence-electron chi connectivity index (χ2n) is 30.5. The third-order valence-corrected chi connectivity index (χ3v) is 21.0. The largest absolute Gasteiger partial charge is 0.461 e. The van der Waals surface area contributed by atoms with Gasteiger partial charge in [0.05, 0.1) is 59.4 Å². The van der Waals surface area contributed by atoms with E-state index in [-0.39, 0.29) is 66.0 Å². The van der Waals surface area contributed by atoms with Crippen LogP contribution in [0.2, 0.25) is 0 Å². The first-order valence-corrected chi connectivity index (χ1v) is 43.5. The molecule has 0 bridgehead atoms. The van der Waals surface area contributed by atoms with Crippen LogP contribution in [0, 0.1) is 5.92 Å². The van der Waals surface area contributed by atoms with E-state index in [4.69, 9.17) is 73.3 Å². The number of fused-ring (bicyclic) bond motifs is 11. The molecule has 0 unspecified atom stereocenters. The predicted molar refractivity (Wildman–Crippen MR) is 509 cm³/mol. The number of amides is 2. The van der Waals surface area contributed by atoms with Crippen LogP contribution < -0.4 is 76.9 Å². The van der Waals surface area contributed by atoms with Crippen molar-refractivity contribution in [2.75, 3.05) is 115 Å². The Morgan fingerprint density at radius 1 is 0.450 bits per heavy atom. The molecule has 0 radical (unpaired) electrons. The van der Waals surface area contributed by atoms with Crippen LogP contribution in [0.1, 0.15) is 107 Å². The van der Waals surface area contributed by atoms with Gasteiger partial charge in [-0.2, -0.15) is 19.9 Å². The molecule has 19 N–H and O–H groups in total. The Bertz CT molecular complexity index is 6660. The highest BCUT2D eigenvalue weighted by Gasteiger charge is 2.24. The van der Waals surface area contributed by atoms with Gasteiger partial charge in [-0.3, -0.25) is 18.7 Å². The molecule has 2 amide bonds. The lowest BCUT2D eigenvalue weighted by Crippen LogP contribution is -2.31.